The lowest BCUT2D eigenvalue weighted by molar-refractivity contribution is -0.122. The number of nitrogens with zero attached hydrogens (tertiary/aromatic N) is 1. The maximum atomic E-state index is 14.3. The minimum atomic E-state index is -0.884. The van der Waals surface area contributed by atoms with Crippen molar-refractivity contribution in [3.8, 4) is 0 Å². The fraction of sp³-hybridized carbons (Fsp3) is 0.500. The minimum absolute atomic E-state index is 0.0608. The first kappa shape index (κ1) is 24.9. The van der Waals surface area contributed by atoms with Crippen molar-refractivity contribution in [1.82, 2.24) is 9.88 Å². The molecular formula is C30H37F2N3O. The van der Waals surface area contributed by atoms with E-state index in [9.17, 15) is 13.6 Å². The van der Waals surface area contributed by atoms with E-state index in [0.717, 1.165) is 48.7 Å². The summed E-state index contributed by atoms with van der Waals surface area (Å²) >= 11 is 0. The first-order chi connectivity index (χ1) is 17.5. The van der Waals surface area contributed by atoms with Gasteiger partial charge in [0.05, 0.1) is 0 Å². The molecule has 3 aromatic rings. The second-order valence-corrected chi connectivity index (χ2v) is 10.9. The number of nitrogens with two attached hydrogens (primary N) is 1. The Hall–Kier alpha value is -2.73. The maximum absolute atomic E-state index is 14.3. The van der Waals surface area contributed by atoms with Crippen LogP contribution in [0, 0.1) is 17.6 Å². The molecule has 1 atom stereocenters. The summed E-state index contributed by atoms with van der Waals surface area (Å²) in [7, 11) is 0. The van der Waals surface area contributed by atoms with E-state index in [0.29, 0.717) is 11.5 Å². The van der Waals surface area contributed by atoms with Crippen molar-refractivity contribution in [3.63, 3.8) is 0 Å². The lowest BCUT2D eigenvalue weighted by Crippen LogP contribution is -2.40. The van der Waals surface area contributed by atoms with Gasteiger partial charge in [-0.05, 0) is 73.8 Å². The molecule has 4 nitrogen and oxygen atoms in total. The van der Waals surface area contributed by atoms with Crippen LogP contribution in [0.3, 0.4) is 0 Å². The number of halogens is 2. The summed E-state index contributed by atoms with van der Waals surface area (Å²) < 4.78 is 30.5. The zero-order chi connectivity index (χ0) is 25.1. The number of amides is 1. The van der Waals surface area contributed by atoms with Crippen molar-refractivity contribution in [2.24, 2.45) is 11.7 Å². The molecule has 36 heavy (non-hydrogen) atoms. The van der Waals surface area contributed by atoms with E-state index in [2.05, 4.69) is 28.2 Å². The van der Waals surface area contributed by atoms with E-state index < -0.39 is 11.6 Å². The van der Waals surface area contributed by atoms with Crippen LogP contribution in [-0.2, 0) is 11.3 Å². The van der Waals surface area contributed by atoms with Gasteiger partial charge < -0.3 is 15.6 Å². The Balaban J connectivity index is 1.47. The van der Waals surface area contributed by atoms with Crippen LogP contribution in [0.25, 0.3) is 10.9 Å². The number of carbonyl (C=O) groups excluding carboxylic acids is 1. The summed E-state index contributed by atoms with van der Waals surface area (Å²) in [6.07, 6.45) is 12.3. The van der Waals surface area contributed by atoms with Crippen molar-refractivity contribution >= 4 is 16.8 Å². The monoisotopic (exact) mass is 493 g/mol. The molecule has 2 aliphatic rings. The van der Waals surface area contributed by atoms with Crippen molar-refractivity contribution < 1.29 is 13.6 Å². The third-order valence-electron chi connectivity index (χ3n) is 8.25. The van der Waals surface area contributed by atoms with Gasteiger partial charge in [-0.1, -0.05) is 43.5 Å². The quantitative estimate of drug-likeness (QED) is 0.400. The molecule has 1 aromatic heterocycles. The second-order valence-electron chi connectivity index (χ2n) is 10.9. The van der Waals surface area contributed by atoms with Crippen molar-refractivity contribution in [2.75, 3.05) is 0 Å². The summed E-state index contributed by atoms with van der Waals surface area (Å²) in [5.41, 5.74) is 8.77. The van der Waals surface area contributed by atoms with Crippen LogP contribution in [0.4, 0.5) is 8.78 Å². The summed E-state index contributed by atoms with van der Waals surface area (Å²) in [5.74, 6) is -1.55. The van der Waals surface area contributed by atoms with E-state index in [1.165, 1.54) is 44.2 Å². The highest BCUT2D eigenvalue weighted by atomic mass is 19.2. The van der Waals surface area contributed by atoms with E-state index in [4.69, 9.17) is 5.73 Å². The summed E-state index contributed by atoms with van der Waals surface area (Å²) in [5, 5.41) is 4.26. The maximum Gasteiger partial charge on any atom is 0.221 e. The van der Waals surface area contributed by atoms with E-state index >= 15 is 0 Å². The Morgan fingerprint density at radius 2 is 1.72 bits per heavy atom. The van der Waals surface area contributed by atoms with Crippen molar-refractivity contribution in [2.45, 2.75) is 88.8 Å². The summed E-state index contributed by atoms with van der Waals surface area (Å²) in [6.45, 7) is 0.944. The largest absolute Gasteiger partial charge is 0.353 e. The normalized spacial score (nSPS) is 22.0. The average Bonchev–Trinajstić information content (AvgIpc) is 3.24. The van der Waals surface area contributed by atoms with E-state index in [1.807, 2.05) is 12.1 Å². The standard InChI is InChI=1S/C30H37F2N3O/c31-27-15-10-21(16-28(27)32)25(17-30(36)34-23-13-11-22(33)12-14-23)26-19-35(18-20-6-2-1-3-7-20)29-9-5-4-8-24(26)29/h4-5,8-10,15-16,19-20,22-23,25H,1-3,6-7,11-14,17-18,33H2,(H,34,36). The zero-order valence-electron chi connectivity index (χ0n) is 20.9. The third-order valence-corrected chi connectivity index (χ3v) is 8.25. The van der Waals surface area contributed by atoms with E-state index in [1.54, 1.807) is 6.07 Å². The zero-order valence-corrected chi connectivity index (χ0v) is 20.9. The van der Waals surface area contributed by atoms with Crippen LogP contribution in [0.5, 0.6) is 0 Å². The van der Waals surface area contributed by atoms with Gasteiger partial charge >= 0.3 is 0 Å². The van der Waals surface area contributed by atoms with Crippen molar-refractivity contribution in [1.29, 1.82) is 0 Å². The molecule has 3 N–H and O–H groups in total. The molecule has 0 bridgehead atoms. The van der Waals surface area contributed by atoms with Gasteiger partial charge in [0.25, 0.3) is 0 Å². The molecule has 2 saturated carbocycles. The molecule has 0 spiro atoms. The van der Waals surface area contributed by atoms with Gasteiger partial charge in [-0.25, -0.2) is 8.78 Å². The van der Waals surface area contributed by atoms with Gasteiger partial charge in [0.2, 0.25) is 5.91 Å². The lowest BCUT2D eigenvalue weighted by atomic mass is 9.87. The SMILES string of the molecule is NC1CCC(NC(=O)CC(c2ccc(F)c(F)c2)c2cn(CC3CCCCC3)c3ccccc23)CC1. The third kappa shape index (κ3) is 5.64. The smallest absolute Gasteiger partial charge is 0.221 e. The minimum Gasteiger partial charge on any atom is -0.353 e. The molecule has 192 valence electrons. The molecule has 1 amide bonds. The lowest BCUT2D eigenvalue weighted by Gasteiger charge is -2.27. The number of fused-ring (bicyclic) bond motifs is 1. The molecule has 2 aromatic carbocycles. The molecule has 5 rings (SSSR count). The topological polar surface area (TPSA) is 60.0 Å². The molecule has 6 heteroatoms. The van der Waals surface area contributed by atoms with Crippen molar-refractivity contribution in [3.05, 3.63) is 71.4 Å². The van der Waals surface area contributed by atoms with E-state index in [-0.39, 0.29) is 30.3 Å². The van der Waals surface area contributed by atoms with Gasteiger partial charge in [0.15, 0.2) is 11.6 Å². The number of carbonyl (C=O) groups is 1. The Labute approximate surface area is 212 Å². The van der Waals surface area contributed by atoms with Gasteiger partial charge in [0.1, 0.15) is 0 Å². The number of benzene rings is 2. The highest BCUT2D eigenvalue weighted by molar-refractivity contribution is 5.86. The first-order valence-electron chi connectivity index (χ1n) is 13.6. The van der Waals surface area contributed by atoms with Gasteiger partial charge in [0, 0.05) is 48.1 Å². The van der Waals surface area contributed by atoms with Crippen LogP contribution in [0.2, 0.25) is 0 Å². The Kier molecular flexibility index (Phi) is 7.70. The molecular weight excluding hydrogens is 456 g/mol. The average molecular weight is 494 g/mol. The molecule has 2 fully saturated rings. The number of nitrogens with one attached hydrogen (secondary N) is 1. The summed E-state index contributed by atoms with van der Waals surface area (Å²) in [6, 6.07) is 12.6. The fourth-order valence-electron chi connectivity index (χ4n) is 6.22. The number of hydrogen-bond donors (Lipinski definition) is 2. The van der Waals surface area contributed by atoms with Crippen LogP contribution < -0.4 is 11.1 Å². The van der Waals surface area contributed by atoms with Gasteiger partial charge in [-0.15, -0.1) is 0 Å². The van der Waals surface area contributed by atoms with Crippen LogP contribution in [0.1, 0.15) is 81.3 Å². The molecule has 0 aliphatic heterocycles. The number of rotatable bonds is 7. The van der Waals surface area contributed by atoms with Crippen LogP contribution in [0.15, 0.2) is 48.7 Å². The Morgan fingerprint density at radius 1 is 0.972 bits per heavy atom. The molecule has 0 saturated heterocycles. The highest BCUT2D eigenvalue weighted by Crippen LogP contribution is 2.37. The molecule has 1 heterocycles. The fourth-order valence-corrected chi connectivity index (χ4v) is 6.22. The summed E-state index contributed by atoms with van der Waals surface area (Å²) in [4.78, 5) is 13.2. The predicted octanol–water partition coefficient (Wildman–Crippen LogP) is 6.41. The Bertz CT molecular complexity index is 1190. The molecule has 2 aliphatic carbocycles. The van der Waals surface area contributed by atoms with Crippen LogP contribution >= 0.6 is 0 Å². The Morgan fingerprint density at radius 3 is 2.47 bits per heavy atom. The predicted molar refractivity (Wildman–Crippen MR) is 140 cm³/mol. The van der Waals surface area contributed by atoms with Gasteiger partial charge in [-0.3, -0.25) is 4.79 Å². The molecule has 0 radical (unpaired) electrons. The number of hydrogen-bond acceptors (Lipinski definition) is 2. The first-order valence-corrected chi connectivity index (χ1v) is 13.6. The molecule has 1 unspecified atom stereocenters. The number of aromatic nitrogens is 1. The van der Waals surface area contributed by atoms with Gasteiger partial charge in [-0.2, -0.15) is 0 Å². The van der Waals surface area contributed by atoms with Crippen LogP contribution in [-0.4, -0.2) is 22.6 Å². The highest BCUT2D eigenvalue weighted by Gasteiger charge is 2.27. The second kappa shape index (κ2) is 11.1. The number of para-hydroxylation sites is 1.